The molecule has 15 heavy (non-hydrogen) atoms. The standard InChI is InChI=1S/C7H4F3.2C2H5.Al/c8-7(9,10)6-4-2-1-3-5-6;2*1-2;/h1-4H;2*1H2,2H3;. The Bertz CT molecular complexity index is 316. The first-order valence-corrected chi connectivity index (χ1v) is 7.37. The number of rotatable bonds is 3. The molecule has 1 rings (SSSR count). The smallest absolute Gasteiger partial charge is 0.166 e. The molecule has 82 valence electrons. The van der Waals surface area contributed by atoms with Crippen molar-refractivity contribution in [3.8, 4) is 0 Å². The van der Waals surface area contributed by atoms with Gasteiger partial charge in [-0.3, -0.25) is 0 Å². The third-order valence-electron chi connectivity index (χ3n) is 2.69. The van der Waals surface area contributed by atoms with Crippen molar-refractivity contribution >= 4 is 18.6 Å². The van der Waals surface area contributed by atoms with Crippen LogP contribution in [0.2, 0.25) is 10.6 Å². The molecule has 0 unspecified atom stereocenters. The van der Waals surface area contributed by atoms with Gasteiger partial charge < -0.3 is 0 Å². The van der Waals surface area contributed by atoms with E-state index in [0.29, 0.717) is 4.43 Å². The number of hydrogen-bond donors (Lipinski definition) is 0. The maximum atomic E-state index is 12.7. The molecule has 0 aliphatic carbocycles. The van der Waals surface area contributed by atoms with Crippen LogP contribution in [0.1, 0.15) is 19.4 Å². The second-order valence-electron chi connectivity index (χ2n) is 3.60. The Hall–Kier alpha value is -0.458. The molecule has 1 aromatic carbocycles. The molecule has 0 atom stereocenters. The van der Waals surface area contributed by atoms with Crippen molar-refractivity contribution in [2.45, 2.75) is 30.6 Å². The van der Waals surface area contributed by atoms with Gasteiger partial charge in [-0.25, -0.2) is 0 Å². The highest BCUT2D eigenvalue weighted by atomic mass is 27.2. The van der Waals surface area contributed by atoms with Gasteiger partial charge in [-0.05, 0) is 0 Å². The van der Waals surface area contributed by atoms with E-state index in [1.54, 1.807) is 12.1 Å². The van der Waals surface area contributed by atoms with Gasteiger partial charge in [0.05, 0.1) is 0 Å². The van der Waals surface area contributed by atoms with Crippen molar-refractivity contribution in [3.63, 3.8) is 0 Å². The van der Waals surface area contributed by atoms with Crippen molar-refractivity contribution in [3.05, 3.63) is 29.8 Å². The molecule has 0 radical (unpaired) electrons. The minimum absolute atomic E-state index is 0.426. The summed E-state index contributed by atoms with van der Waals surface area (Å²) in [5.74, 6) is 0. The summed E-state index contributed by atoms with van der Waals surface area (Å²) in [6.45, 7) is 3.96. The van der Waals surface area contributed by atoms with Gasteiger partial charge in [-0.15, -0.1) is 0 Å². The molecule has 0 heterocycles. The largest absolute Gasteiger partial charge is 0.415 e. The minimum Gasteiger partial charge on any atom is -0.166 e. The van der Waals surface area contributed by atoms with E-state index in [2.05, 4.69) is 0 Å². The van der Waals surface area contributed by atoms with E-state index < -0.39 is 25.9 Å². The Morgan fingerprint density at radius 3 is 2.07 bits per heavy atom. The summed E-state index contributed by atoms with van der Waals surface area (Å²) in [7, 11) is 0. The van der Waals surface area contributed by atoms with Crippen LogP contribution in [-0.2, 0) is 6.18 Å². The van der Waals surface area contributed by atoms with E-state index in [1.807, 2.05) is 13.8 Å². The zero-order chi connectivity index (χ0) is 11.5. The third-order valence-corrected chi connectivity index (χ3v) is 6.05. The lowest BCUT2D eigenvalue weighted by molar-refractivity contribution is -0.136. The van der Waals surface area contributed by atoms with Crippen LogP contribution in [0.5, 0.6) is 0 Å². The summed E-state index contributed by atoms with van der Waals surface area (Å²) in [6.07, 6.45) is -4.20. The molecule has 0 bridgehead atoms. The van der Waals surface area contributed by atoms with Crippen LogP contribution in [0, 0.1) is 0 Å². The second-order valence-corrected chi connectivity index (χ2v) is 7.25. The van der Waals surface area contributed by atoms with Crippen molar-refractivity contribution in [2.75, 3.05) is 0 Å². The zero-order valence-corrected chi connectivity index (χ0v) is 10.1. The van der Waals surface area contributed by atoms with E-state index in [4.69, 9.17) is 0 Å². The first kappa shape index (κ1) is 12.6. The topological polar surface area (TPSA) is 0 Å². The van der Waals surface area contributed by atoms with Gasteiger partial charge in [0.2, 0.25) is 0 Å². The predicted octanol–water partition coefficient (Wildman–Crippen LogP) is 3.45. The number of hydrogen-bond acceptors (Lipinski definition) is 0. The molecular formula is C11H14AlF3. The van der Waals surface area contributed by atoms with Crippen molar-refractivity contribution in [1.29, 1.82) is 0 Å². The van der Waals surface area contributed by atoms with Crippen molar-refractivity contribution in [2.24, 2.45) is 0 Å². The summed E-state index contributed by atoms with van der Waals surface area (Å²) in [5, 5.41) is 1.76. The fourth-order valence-electron chi connectivity index (χ4n) is 1.84. The highest BCUT2D eigenvalue weighted by molar-refractivity contribution is 6.73. The first-order valence-electron chi connectivity index (χ1n) is 5.16. The summed E-state index contributed by atoms with van der Waals surface area (Å²) >= 11 is -1.41. The van der Waals surface area contributed by atoms with E-state index in [9.17, 15) is 13.2 Å². The highest BCUT2D eigenvalue weighted by Gasteiger charge is 2.35. The minimum atomic E-state index is -4.20. The molecular weight excluding hydrogens is 216 g/mol. The maximum Gasteiger partial charge on any atom is 0.415 e. The molecule has 0 fully saturated rings. The Kier molecular flexibility index (Phi) is 4.24. The third kappa shape index (κ3) is 3.00. The van der Waals surface area contributed by atoms with E-state index in [0.717, 1.165) is 10.6 Å². The molecule has 0 saturated carbocycles. The Balaban J connectivity index is 3.17. The van der Waals surface area contributed by atoms with Gasteiger partial charge >= 0.3 is 20.3 Å². The maximum absolute atomic E-state index is 12.7. The van der Waals surface area contributed by atoms with Crippen LogP contribution < -0.4 is 4.43 Å². The quantitative estimate of drug-likeness (QED) is 0.698. The molecule has 0 spiro atoms. The highest BCUT2D eigenvalue weighted by Crippen LogP contribution is 2.28. The lowest BCUT2D eigenvalue weighted by Crippen LogP contribution is -2.34. The number of alkyl halides is 3. The molecule has 1 aromatic rings. The normalized spacial score (nSPS) is 11.5. The van der Waals surface area contributed by atoms with Gasteiger partial charge in [0.1, 0.15) is 0 Å². The predicted molar refractivity (Wildman–Crippen MR) is 57.8 cm³/mol. The van der Waals surface area contributed by atoms with Gasteiger partial charge in [0.15, 0.2) is 0 Å². The number of halogens is 3. The van der Waals surface area contributed by atoms with Crippen LogP contribution >= 0.6 is 0 Å². The van der Waals surface area contributed by atoms with E-state index in [1.165, 1.54) is 12.1 Å². The monoisotopic (exact) mass is 230 g/mol. The second kappa shape index (κ2) is 5.05. The van der Waals surface area contributed by atoms with Gasteiger partial charge in [-0.1, -0.05) is 53.1 Å². The first-order chi connectivity index (χ1) is 7.00. The molecule has 0 aromatic heterocycles. The SMILES string of the molecule is C[CH2][Al]([CH2]C)[c]1ccccc1C(F)(F)F. The average molecular weight is 230 g/mol. The molecule has 0 nitrogen and oxygen atoms in total. The van der Waals surface area contributed by atoms with Crippen molar-refractivity contribution in [1.82, 2.24) is 0 Å². The fourth-order valence-corrected chi connectivity index (χ4v) is 4.38. The summed E-state index contributed by atoms with van der Waals surface area (Å²) in [4.78, 5) is 0. The van der Waals surface area contributed by atoms with Crippen LogP contribution in [0.25, 0.3) is 0 Å². The number of benzene rings is 1. The molecule has 4 heteroatoms. The summed E-state index contributed by atoms with van der Waals surface area (Å²) < 4.78 is 38.7. The van der Waals surface area contributed by atoms with Crippen LogP contribution in [0.4, 0.5) is 13.2 Å². The van der Waals surface area contributed by atoms with E-state index in [-0.39, 0.29) is 0 Å². The van der Waals surface area contributed by atoms with Crippen LogP contribution in [-0.4, -0.2) is 14.1 Å². The van der Waals surface area contributed by atoms with Gasteiger partial charge in [0.25, 0.3) is 0 Å². The molecule has 0 aliphatic heterocycles. The van der Waals surface area contributed by atoms with Crippen LogP contribution in [0.3, 0.4) is 0 Å². The lowest BCUT2D eigenvalue weighted by Gasteiger charge is -2.15. The Morgan fingerprint density at radius 1 is 1.07 bits per heavy atom. The molecule has 0 amide bonds. The van der Waals surface area contributed by atoms with Crippen molar-refractivity contribution < 1.29 is 13.2 Å². The summed E-state index contributed by atoms with van der Waals surface area (Å²) in [5.41, 5.74) is -0.426. The summed E-state index contributed by atoms with van der Waals surface area (Å²) in [6, 6.07) is 6.01. The van der Waals surface area contributed by atoms with Crippen LogP contribution in [0.15, 0.2) is 24.3 Å². The Labute approximate surface area is 92.5 Å². The fraction of sp³-hybridized carbons (Fsp3) is 0.455. The van der Waals surface area contributed by atoms with Gasteiger partial charge in [-0.2, -0.15) is 13.2 Å². The molecule has 0 N–H and O–H groups in total. The molecule has 0 saturated heterocycles. The zero-order valence-electron chi connectivity index (χ0n) is 8.93. The lowest BCUT2D eigenvalue weighted by atomic mass is 10.2. The van der Waals surface area contributed by atoms with Gasteiger partial charge in [0, 0.05) is 5.56 Å². The molecule has 0 aliphatic rings. The average Bonchev–Trinajstić information content (AvgIpc) is 2.19. The Morgan fingerprint density at radius 2 is 1.60 bits per heavy atom. The van der Waals surface area contributed by atoms with E-state index >= 15 is 0 Å².